The molecule has 1 N–H and O–H groups in total. The van der Waals surface area contributed by atoms with Crippen LogP contribution >= 0.6 is 11.6 Å². The molecule has 0 aliphatic heterocycles. The maximum Gasteiger partial charge on any atom is 0.163 e. The zero-order valence-corrected chi connectivity index (χ0v) is 11.4. The van der Waals surface area contributed by atoms with Crippen molar-refractivity contribution in [2.75, 3.05) is 5.32 Å². The van der Waals surface area contributed by atoms with Crippen LogP contribution in [-0.4, -0.2) is 16.0 Å². The van der Waals surface area contributed by atoms with E-state index in [0.717, 1.165) is 12.0 Å². The van der Waals surface area contributed by atoms with Crippen LogP contribution in [0.1, 0.15) is 13.3 Å². The highest BCUT2D eigenvalue weighted by atomic mass is 35.5. The van der Waals surface area contributed by atoms with Crippen molar-refractivity contribution in [3.05, 3.63) is 41.6 Å². The topological polar surface area (TPSA) is 37.8 Å². The average molecular weight is 272 g/mol. The van der Waals surface area contributed by atoms with Gasteiger partial charge in [-0.2, -0.15) is 0 Å². The van der Waals surface area contributed by atoms with Gasteiger partial charge in [0.2, 0.25) is 0 Å². The molecule has 1 atom stereocenters. The summed E-state index contributed by atoms with van der Waals surface area (Å²) in [6.45, 7) is 2.01. The van der Waals surface area contributed by atoms with Crippen molar-refractivity contribution in [2.45, 2.75) is 19.4 Å². The number of hydrogen-bond acceptors (Lipinski definition) is 3. The van der Waals surface area contributed by atoms with E-state index in [1.54, 1.807) is 6.07 Å². The van der Waals surface area contributed by atoms with Gasteiger partial charge in [-0.15, -0.1) is 6.42 Å². The normalized spacial score (nSPS) is 11.6. The molecule has 0 aliphatic carbocycles. The van der Waals surface area contributed by atoms with Crippen molar-refractivity contribution in [3.63, 3.8) is 0 Å². The molecular formula is C15H14ClN3. The fourth-order valence-electron chi connectivity index (χ4n) is 1.65. The highest BCUT2D eigenvalue weighted by molar-refractivity contribution is 6.29. The number of rotatable bonds is 4. The summed E-state index contributed by atoms with van der Waals surface area (Å²) in [6, 6.07) is 11.3. The quantitative estimate of drug-likeness (QED) is 0.682. The lowest BCUT2D eigenvalue weighted by Gasteiger charge is -2.12. The third-order valence-electron chi connectivity index (χ3n) is 2.66. The van der Waals surface area contributed by atoms with Gasteiger partial charge in [-0.05, 0) is 6.42 Å². The van der Waals surface area contributed by atoms with E-state index in [9.17, 15) is 0 Å². The molecule has 2 rings (SSSR count). The van der Waals surface area contributed by atoms with Crippen molar-refractivity contribution >= 4 is 17.4 Å². The number of nitrogens with one attached hydrogen (secondary N) is 1. The number of terminal acetylenes is 1. The molecule has 0 amide bonds. The van der Waals surface area contributed by atoms with Crippen LogP contribution in [0.5, 0.6) is 0 Å². The molecule has 1 unspecified atom stereocenters. The fraction of sp³-hybridized carbons (Fsp3) is 0.200. The SMILES string of the molecule is C#CC(CC)Nc1cc(Cl)nc(-c2ccccc2)n1. The molecular weight excluding hydrogens is 258 g/mol. The molecule has 3 nitrogen and oxygen atoms in total. The number of anilines is 1. The Labute approximate surface area is 118 Å². The van der Waals surface area contributed by atoms with Crippen LogP contribution in [0, 0.1) is 12.3 Å². The van der Waals surface area contributed by atoms with Gasteiger partial charge in [-0.1, -0.05) is 54.8 Å². The molecule has 0 radical (unpaired) electrons. The summed E-state index contributed by atoms with van der Waals surface area (Å²) in [5.74, 6) is 3.89. The van der Waals surface area contributed by atoms with Crippen LogP contribution in [-0.2, 0) is 0 Å². The minimum absolute atomic E-state index is 0.0606. The first kappa shape index (κ1) is 13.4. The fourth-order valence-corrected chi connectivity index (χ4v) is 1.83. The van der Waals surface area contributed by atoms with Crippen molar-refractivity contribution in [1.82, 2.24) is 9.97 Å². The third kappa shape index (κ3) is 3.46. The van der Waals surface area contributed by atoms with Crippen LogP contribution in [0.2, 0.25) is 5.15 Å². The van der Waals surface area contributed by atoms with E-state index in [1.165, 1.54) is 0 Å². The molecule has 96 valence electrons. The van der Waals surface area contributed by atoms with E-state index in [4.69, 9.17) is 18.0 Å². The Balaban J connectivity index is 2.33. The predicted octanol–water partition coefficient (Wildman–Crippen LogP) is 3.62. The molecule has 0 bridgehead atoms. The van der Waals surface area contributed by atoms with E-state index < -0.39 is 0 Å². The van der Waals surface area contributed by atoms with Gasteiger partial charge >= 0.3 is 0 Å². The predicted molar refractivity (Wildman–Crippen MR) is 79.0 cm³/mol. The summed E-state index contributed by atoms with van der Waals surface area (Å²) >= 11 is 6.03. The Kier molecular flexibility index (Phi) is 4.38. The lowest BCUT2D eigenvalue weighted by atomic mass is 10.2. The second-order valence-electron chi connectivity index (χ2n) is 4.04. The Bertz CT molecular complexity index is 590. The molecule has 0 fully saturated rings. The highest BCUT2D eigenvalue weighted by Crippen LogP contribution is 2.20. The average Bonchev–Trinajstić information content (AvgIpc) is 2.45. The summed E-state index contributed by atoms with van der Waals surface area (Å²) in [4.78, 5) is 8.66. The molecule has 0 spiro atoms. The van der Waals surface area contributed by atoms with Crippen molar-refractivity contribution in [2.24, 2.45) is 0 Å². The number of benzene rings is 1. The van der Waals surface area contributed by atoms with Gasteiger partial charge in [-0.25, -0.2) is 9.97 Å². The lowest BCUT2D eigenvalue weighted by molar-refractivity contribution is 0.849. The number of aromatic nitrogens is 2. The molecule has 1 heterocycles. The first-order valence-corrected chi connectivity index (χ1v) is 6.43. The van der Waals surface area contributed by atoms with Crippen molar-refractivity contribution < 1.29 is 0 Å². The summed E-state index contributed by atoms with van der Waals surface area (Å²) in [5.41, 5.74) is 0.918. The van der Waals surface area contributed by atoms with Gasteiger partial charge in [0.15, 0.2) is 5.82 Å². The van der Waals surface area contributed by atoms with Gasteiger partial charge in [0.05, 0.1) is 6.04 Å². The van der Waals surface area contributed by atoms with Crippen molar-refractivity contribution in [3.8, 4) is 23.7 Å². The largest absolute Gasteiger partial charge is 0.356 e. The minimum atomic E-state index is -0.0606. The standard InChI is InChI=1S/C15H14ClN3/c1-3-12(4-2)17-14-10-13(16)18-15(19-14)11-8-6-5-7-9-11/h1,5-10,12H,4H2,2H3,(H,17,18,19). The maximum atomic E-state index is 6.03. The molecule has 0 aliphatic rings. The van der Waals surface area contributed by atoms with E-state index in [0.29, 0.717) is 16.8 Å². The van der Waals surface area contributed by atoms with Gasteiger partial charge in [0.25, 0.3) is 0 Å². The van der Waals surface area contributed by atoms with E-state index >= 15 is 0 Å². The number of halogens is 1. The maximum absolute atomic E-state index is 6.03. The molecule has 4 heteroatoms. The Morgan fingerprint density at radius 2 is 2.05 bits per heavy atom. The molecule has 1 aromatic carbocycles. The smallest absolute Gasteiger partial charge is 0.163 e. The van der Waals surface area contributed by atoms with Crippen LogP contribution in [0.3, 0.4) is 0 Å². The Morgan fingerprint density at radius 3 is 2.68 bits per heavy atom. The molecule has 1 aromatic heterocycles. The minimum Gasteiger partial charge on any atom is -0.356 e. The van der Waals surface area contributed by atoms with E-state index in [-0.39, 0.29) is 6.04 Å². The molecule has 19 heavy (non-hydrogen) atoms. The Morgan fingerprint density at radius 1 is 1.32 bits per heavy atom. The molecule has 2 aromatic rings. The van der Waals surface area contributed by atoms with Gasteiger partial charge < -0.3 is 5.32 Å². The first-order chi connectivity index (χ1) is 9.22. The van der Waals surface area contributed by atoms with Crippen LogP contribution in [0.25, 0.3) is 11.4 Å². The van der Waals surface area contributed by atoms with E-state index in [1.807, 2.05) is 37.3 Å². The summed E-state index contributed by atoms with van der Waals surface area (Å²) in [5, 5.41) is 3.55. The second-order valence-corrected chi connectivity index (χ2v) is 4.42. The molecule has 0 saturated heterocycles. The lowest BCUT2D eigenvalue weighted by Crippen LogP contribution is -2.17. The molecule has 0 saturated carbocycles. The Hall–Kier alpha value is -2.05. The third-order valence-corrected chi connectivity index (χ3v) is 2.85. The van der Waals surface area contributed by atoms with Gasteiger partial charge in [-0.3, -0.25) is 0 Å². The zero-order chi connectivity index (χ0) is 13.7. The monoisotopic (exact) mass is 271 g/mol. The summed E-state index contributed by atoms with van der Waals surface area (Å²) in [6.07, 6.45) is 6.25. The van der Waals surface area contributed by atoms with E-state index in [2.05, 4.69) is 21.2 Å². The number of hydrogen-bond donors (Lipinski definition) is 1. The van der Waals surface area contributed by atoms with Gasteiger partial charge in [0, 0.05) is 11.6 Å². The second kappa shape index (κ2) is 6.21. The zero-order valence-electron chi connectivity index (χ0n) is 10.6. The first-order valence-electron chi connectivity index (χ1n) is 6.05. The summed E-state index contributed by atoms with van der Waals surface area (Å²) in [7, 11) is 0. The van der Waals surface area contributed by atoms with Crippen LogP contribution in [0.4, 0.5) is 5.82 Å². The number of nitrogens with zero attached hydrogens (tertiary/aromatic N) is 2. The highest BCUT2D eigenvalue weighted by Gasteiger charge is 2.08. The van der Waals surface area contributed by atoms with Crippen molar-refractivity contribution in [1.29, 1.82) is 0 Å². The van der Waals surface area contributed by atoms with Gasteiger partial charge in [0.1, 0.15) is 11.0 Å². The summed E-state index contributed by atoms with van der Waals surface area (Å²) < 4.78 is 0. The van der Waals surface area contributed by atoms with Crippen LogP contribution in [0.15, 0.2) is 36.4 Å². The van der Waals surface area contributed by atoms with Crippen LogP contribution < -0.4 is 5.32 Å².